The van der Waals surface area contributed by atoms with Crippen LogP contribution in [-0.4, -0.2) is 21.6 Å². The van der Waals surface area contributed by atoms with Crippen LogP contribution < -0.4 is 0 Å². The summed E-state index contributed by atoms with van der Waals surface area (Å²) >= 11 is 3.01. The van der Waals surface area contributed by atoms with Crippen LogP contribution in [0.2, 0.25) is 0 Å². The molecular formula is C10H9BrFNO2. The predicted octanol–water partition coefficient (Wildman–Crippen LogP) is 1.49. The van der Waals surface area contributed by atoms with E-state index in [1.165, 1.54) is 12.1 Å². The zero-order valence-electron chi connectivity index (χ0n) is 7.69. The van der Waals surface area contributed by atoms with E-state index in [4.69, 9.17) is 5.26 Å². The fourth-order valence-electron chi connectivity index (χ4n) is 1.12. The van der Waals surface area contributed by atoms with Crippen LogP contribution in [0.5, 0.6) is 0 Å². The normalized spacial score (nSPS) is 14.3. The molecule has 15 heavy (non-hydrogen) atoms. The molecule has 5 heteroatoms. The first kappa shape index (κ1) is 12.1. The summed E-state index contributed by atoms with van der Waals surface area (Å²) in [6.45, 7) is 0. The molecule has 0 saturated heterocycles. The Hall–Kier alpha value is -0.960. The Balaban J connectivity index is 3.02. The van der Waals surface area contributed by atoms with Crippen molar-refractivity contribution >= 4 is 15.9 Å². The summed E-state index contributed by atoms with van der Waals surface area (Å²) in [6.07, 6.45) is -2.11. The second-order valence-corrected chi connectivity index (χ2v) is 3.67. The van der Waals surface area contributed by atoms with Crippen molar-refractivity contribution in [2.75, 3.05) is 5.33 Å². The van der Waals surface area contributed by atoms with Crippen molar-refractivity contribution in [3.05, 3.63) is 35.1 Å². The first-order valence-electron chi connectivity index (χ1n) is 4.21. The average Bonchev–Trinajstić information content (AvgIpc) is 2.27. The number of nitriles is 1. The molecule has 0 aliphatic heterocycles. The Morgan fingerprint density at radius 3 is 2.67 bits per heavy atom. The maximum absolute atomic E-state index is 12.9. The maximum Gasteiger partial charge on any atom is 0.140 e. The molecule has 2 N–H and O–H groups in total. The standard InChI is InChI=1S/C10H9BrFNO2/c11-4-9(14)10(15)6-1-2-8(12)7(3-6)5-13/h1-3,9-10,14-15H,4H2. The van der Waals surface area contributed by atoms with Gasteiger partial charge in [0.05, 0.1) is 11.7 Å². The molecular weight excluding hydrogens is 265 g/mol. The van der Waals surface area contributed by atoms with E-state index in [0.29, 0.717) is 5.56 Å². The van der Waals surface area contributed by atoms with E-state index in [-0.39, 0.29) is 10.9 Å². The zero-order valence-corrected chi connectivity index (χ0v) is 9.28. The summed E-state index contributed by atoms with van der Waals surface area (Å²) in [7, 11) is 0. The maximum atomic E-state index is 12.9. The van der Waals surface area contributed by atoms with Crippen molar-refractivity contribution < 1.29 is 14.6 Å². The molecule has 1 aromatic carbocycles. The molecule has 0 radical (unpaired) electrons. The number of nitrogens with zero attached hydrogens (tertiary/aromatic N) is 1. The Morgan fingerprint density at radius 2 is 2.13 bits per heavy atom. The van der Waals surface area contributed by atoms with Crippen molar-refractivity contribution in [2.24, 2.45) is 0 Å². The molecule has 3 nitrogen and oxygen atoms in total. The minimum absolute atomic E-state index is 0.145. The highest BCUT2D eigenvalue weighted by Gasteiger charge is 2.18. The van der Waals surface area contributed by atoms with Gasteiger partial charge in [-0.1, -0.05) is 22.0 Å². The van der Waals surface area contributed by atoms with Gasteiger partial charge in [-0.05, 0) is 17.7 Å². The van der Waals surface area contributed by atoms with Crippen molar-refractivity contribution in [1.82, 2.24) is 0 Å². The summed E-state index contributed by atoms with van der Waals surface area (Å²) in [6, 6.07) is 5.33. The lowest BCUT2D eigenvalue weighted by atomic mass is 10.0. The third-order valence-electron chi connectivity index (χ3n) is 1.97. The van der Waals surface area contributed by atoms with Crippen molar-refractivity contribution in [1.29, 1.82) is 5.26 Å². The molecule has 0 bridgehead atoms. The summed E-state index contributed by atoms with van der Waals surface area (Å²) in [5.74, 6) is -0.637. The zero-order chi connectivity index (χ0) is 11.4. The molecule has 0 aliphatic rings. The van der Waals surface area contributed by atoms with E-state index in [1.54, 1.807) is 6.07 Å². The summed E-state index contributed by atoms with van der Waals surface area (Å²) in [5.41, 5.74) is 0.174. The highest BCUT2D eigenvalue weighted by Crippen LogP contribution is 2.20. The van der Waals surface area contributed by atoms with Gasteiger partial charge in [0.1, 0.15) is 18.0 Å². The van der Waals surface area contributed by atoms with Gasteiger partial charge in [-0.2, -0.15) is 5.26 Å². The molecule has 0 saturated carbocycles. The van der Waals surface area contributed by atoms with Crippen LogP contribution in [0.1, 0.15) is 17.2 Å². The fourth-order valence-corrected chi connectivity index (χ4v) is 1.47. The van der Waals surface area contributed by atoms with Gasteiger partial charge in [0.25, 0.3) is 0 Å². The van der Waals surface area contributed by atoms with Gasteiger partial charge in [-0.15, -0.1) is 0 Å². The quantitative estimate of drug-likeness (QED) is 0.821. The highest BCUT2D eigenvalue weighted by atomic mass is 79.9. The number of aliphatic hydroxyl groups is 2. The molecule has 0 heterocycles. The molecule has 0 spiro atoms. The fraction of sp³-hybridized carbons (Fsp3) is 0.300. The third-order valence-corrected chi connectivity index (χ3v) is 2.64. The SMILES string of the molecule is N#Cc1cc(C(O)C(O)CBr)ccc1F. The van der Waals surface area contributed by atoms with Crippen LogP contribution in [0, 0.1) is 17.1 Å². The molecule has 1 rings (SSSR count). The van der Waals surface area contributed by atoms with E-state index in [9.17, 15) is 14.6 Å². The topological polar surface area (TPSA) is 64.2 Å². The monoisotopic (exact) mass is 273 g/mol. The molecule has 0 aliphatic carbocycles. The Labute approximate surface area is 94.9 Å². The second-order valence-electron chi connectivity index (χ2n) is 3.02. The molecule has 0 aromatic heterocycles. The Morgan fingerprint density at radius 1 is 1.47 bits per heavy atom. The van der Waals surface area contributed by atoms with Crippen LogP contribution in [0.3, 0.4) is 0 Å². The lowest BCUT2D eigenvalue weighted by Gasteiger charge is -2.15. The van der Waals surface area contributed by atoms with E-state index in [1.807, 2.05) is 0 Å². The second kappa shape index (κ2) is 5.21. The molecule has 2 unspecified atom stereocenters. The van der Waals surface area contributed by atoms with E-state index in [0.717, 1.165) is 6.07 Å². The summed E-state index contributed by atoms with van der Waals surface area (Å²) in [5, 5.41) is 27.7. The molecule has 80 valence electrons. The Bertz CT molecular complexity index is 391. The predicted molar refractivity (Wildman–Crippen MR) is 55.9 cm³/mol. The van der Waals surface area contributed by atoms with Gasteiger partial charge in [-0.3, -0.25) is 0 Å². The van der Waals surface area contributed by atoms with Gasteiger partial charge in [-0.25, -0.2) is 4.39 Å². The van der Waals surface area contributed by atoms with E-state index in [2.05, 4.69) is 15.9 Å². The minimum Gasteiger partial charge on any atom is -0.389 e. The summed E-state index contributed by atoms with van der Waals surface area (Å²) < 4.78 is 12.9. The third kappa shape index (κ3) is 2.75. The van der Waals surface area contributed by atoms with Gasteiger partial charge < -0.3 is 10.2 Å². The van der Waals surface area contributed by atoms with Gasteiger partial charge in [0, 0.05) is 5.33 Å². The smallest absolute Gasteiger partial charge is 0.140 e. The first-order chi connectivity index (χ1) is 7.10. The van der Waals surface area contributed by atoms with E-state index < -0.39 is 18.0 Å². The Kier molecular flexibility index (Phi) is 4.21. The number of hydrogen-bond acceptors (Lipinski definition) is 3. The van der Waals surface area contributed by atoms with Crippen LogP contribution in [0.25, 0.3) is 0 Å². The van der Waals surface area contributed by atoms with Crippen molar-refractivity contribution in [3.63, 3.8) is 0 Å². The number of halogens is 2. The molecule has 2 atom stereocenters. The number of hydrogen-bond donors (Lipinski definition) is 2. The average molecular weight is 274 g/mol. The van der Waals surface area contributed by atoms with Crippen LogP contribution in [-0.2, 0) is 0 Å². The lowest BCUT2D eigenvalue weighted by Crippen LogP contribution is -2.19. The molecule has 1 aromatic rings. The lowest BCUT2D eigenvalue weighted by molar-refractivity contribution is 0.0342. The number of benzene rings is 1. The number of rotatable bonds is 3. The first-order valence-corrected chi connectivity index (χ1v) is 5.34. The molecule has 0 amide bonds. The number of aliphatic hydroxyl groups excluding tert-OH is 2. The van der Waals surface area contributed by atoms with Gasteiger partial charge in [0.2, 0.25) is 0 Å². The minimum atomic E-state index is -1.13. The van der Waals surface area contributed by atoms with Gasteiger partial charge >= 0.3 is 0 Å². The number of alkyl halides is 1. The largest absolute Gasteiger partial charge is 0.389 e. The van der Waals surface area contributed by atoms with E-state index >= 15 is 0 Å². The van der Waals surface area contributed by atoms with Crippen molar-refractivity contribution in [2.45, 2.75) is 12.2 Å². The van der Waals surface area contributed by atoms with Gasteiger partial charge in [0.15, 0.2) is 0 Å². The van der Waals surface area contributed by atoms with Crippen molar-refractivity contribution in [3.8, 4) is 6.07 Å². The van der Waals surface area contributed by atoms with Crippen LogP contribution in [0.4, 0.5) is 4.39 Å². The van der Waals surface area contributed by atoms with Crippen LogP contribution >= 0.6 is 15.9 Å². The summed E-state index contributed by atoms with van der Waals surface area (Å²) in [4.78, 5) is 0. The highest BCUT2D eigenvalue weighted by molar-refractivity contribution is 9.09. The molecule has 0 fully saturated rings. The van der Waals surface area contributed by atoms with Crippen LogP contribution in [0.15, 0.2) is 18.2 Å².